The van der Waals surface area contributed by atoms with E-state index in [1.54, 1.807) is 0 Å². The van der Waals surface area contributed by atoms with E-state index in [0.29, 0.717) is 0 Å². The van der Waals surface area contributed by atoms with E-state index in [1.807, 2.05) is 43.3 Å². The van der Waals surface area contributed by atoms with Crippen LogP contribution >= 0.6 is 0 Å². The number of aryl methyl sites for hydroxylation is 1. The van der Waals surface area contributed by atoms with Crippen LogP contribution in [0.15, 0.2) is 48.5 Å². The summed E-state index contributed by atoms with van der Waals surface area (Å²) in [7, 11) is 0. The largest absolute Gasteiger partial charge is 0.325 e. The fourth-order valence-corrected chi connectivity index (χ4v) is 2.59. The molecule has 0 fully saturated rings. The van der Waals surface area contributed by atoms with Crippen LogP contribution in [0.5, 0.6) is 0 Å². The van der Waals surface area contributed by atoms with E-state index in [-0.39, 0.29) is 11.9 Å². The summed E-state index contributed by atoms with van der Waals surface area (Å²) in [5.74, 6) is 0.0325. The Kier molecular flexibility index (Phi) is 3.52. The van der Waals surface area contributed by atoms with Crippen LogP contribution in [0.2, 0.25) is 0 Å². The number of anilines is 1. The molecular weight excluding hydrogens is 248 g/mol. The zero-order valence-corrected chi connectivity index (χ0v) is 11.5. The number of carbonyl (C=O) groups is 1. The normalized spacial score (nSPS) is 17.4. The van der Waals surface area contributed by atoms with Crippen molar-refractivity contribution in [1.82, 2.24) is 5.32 Å². The van der Waals surface area contributed by atoms with Crippen molar-refractivity contribution in [2.45, 2.75) is 25.9 Å². The molecule has 1 heterocycles. The fourth-order valence-electron chi connectivity index (χ4n) is 2.59. The van der Waals surface area contributed by atoms with Crippen molar-refractivity contribution in [3.8, 4) is 0 Å². The Morgan fingerprint density at radius 2 is 1.95 bits per heavy atom. The number of hydrogen-bond donors (Lipinski definition) is 2. The Hall–Kier alpha value is -2.13. The van der Waals surface area contributed by atoms with Gasteiger partial charge in [-0.1, -0.05) is 36.4 Å². The fraction of sp³-hybridized carbons (Fsp3) is 0.235. The Labute approximate surface area is 119 Å². The summed E-state index contributed by atoms with van der Waals surface area (Å²) >= 11 is 0. The number of fused-ring (bicyclic) bond motifs is 1. The molecule has 2 aromatic rings. The van der Waals surface area contributed by atoms with Crippen LogP contribution in [0.1, 0.15) is 16.7 Å². The molecule has 3 nitrogen and oxygen atoms in total. The number of rotatable bonds is 2. The SMILES string of the molecule is Cc1cccc(NC(=O)[C@@H]2Cc3ccccc3CN2)c1. The van der Waals surface area contributed by atoms with Gasteiger partial charge in [-0.2, -0.15) is 0 Å². The molecule has 0 saturated carbocycles. The summed E-state index contributed by atoms with van der Waals surface area (Å²) in [6.07, 6.45) is 0.744. The van der Waals surface area contributed by atoms with Crippen LogP contribution in [0.4, 0.5) is 5.69 Å². The van der Waals surface area contributed by atoms with Gasteiger partial charge in [-0.25, -0.2) is 0 Å². The lowest BCUT2D eigenvalue weighted by Gasteiger charge is -2.25. The van der Waals surface area contributed by atoms with E-state index >= 15 is 0 Å². The molecule has 0 aliphatic carbocycles. The maximum absolute atomic E-state index is 12.3. The van der Waals surface area contributed by atoms with E-state index < -0.39 is 0 Å². The quantitative estimate of drug-likeness (QED) is 0.877. The van der Waals surface area contributed by atoms with Gasteiger partial charge in [-0.05, 0) is 42.2 Å². The van der Waals surface area contributed by atoms with Crippen molar-refractivity contribution in [2.75, 3.05) is 5.32 Å². The van der Waals surface area contributed by atoms with Crippen LogP contribution in [0.25, 0.3) is 0 Å². The Morgan fingerprint density at radius 3 is 2.75 bits per heavy atom. The second kappa shape index (κ2) is 5.47. The zero-order valence-electron chi connectivity index (χ0n) is 11.5. The van der Waals surface area contributed by atoms with Gasteiger partial charge in [-0.15, -0.1) is 0 Å². The zero-order chi connectivity index (χ0) is 13.9. The minimum absolute atomic E-state index is 0.0325. The number of hydrogen-bond acceptors (Lipinski definition) is 2. The van der Waals surface area contributed by atoms with Gasteiger partial charge >= 0.3 is 0 Å². The van der Waals surface area contributed by atoms with Gasteiger partial charge in [0.25, 0.3) is 0 Å². The Morgan fingerprint density at radius 1 is 1.15 bits per heavy atom. The molecular formula is C17H18N2O. The summed E-state index contributed by atoms with van der Waals surface area (Å²) in [4.78, 5) is 12.3. The van der Waals surface area contributed by atoms with E-state index in [4.69, 9.17) is 0 Å². The third-order valence-corrected chi connectivity index (χ3v) is 3.68. The Bertz CT molecular complexity index is 636. The number of carbonyl (C=O) groups excluding carboxylic acids is 1. The van der Waals surface area contributed by atoms with Crippen molar-refractivity contribution in [1.29, 1.82) is 0 Å². The first-order valence-electron chi connectivity index (χ1n) is 6.90. The highest BCUT2D eigenvalue weighted by atomic mass is 16.2. The summed E-state index contributed by atoms with van der Waals surface area (Å²) in [6, 6.07) is 16.0. The molecule has 0 spiro atoms. The van der Waals surface area contributed by atoms with Crippen molar-refractivity contribution in [2.24, 2.45) is 0 Å². The first kappa shape index (κ1) is 12.9. The molecule has 0 radical (unpaired) electrons. The van der Waals surface area contributed by atoms with Gasteiger partial charge in [0.15, 0.2) is 0 Å². The second-order valence-corrected chi connectivity index (χ2v) is 5.27. The predicted octanol–water partition coefficient (Wildman–Crippen LogP) is 2.65. The first-order valence-corrected chi connectivity index (χ1v) is 6.90. The lowest BCUT2D eigenvalue weighted by molar-refractivity contribution is -0.118. The van der Waals surface area contributed by atoms with Crippen LogP contribution in [-0.4, -0.2) is 11.9 Å². The van der Waals surface area contributed by atoms with Crippen LogP contribution in [-0.2, 0) is 17.8 Å². The summed E-state index contributed by atoms with van der Waals surface area (Å²) in [5, 5.41) is 6.28. The molecule has 1 aliphatic heterocycles. The van der Waals surface area contributed by atoms with Crippen LogP contribution < -0.4 is 10.6 Å². The minimum Gasteiger partial charge on any atom is -0.325 e. The third kappa shape index (κ3) is 2.73. The second-order valence-electron chi connectivity index (χ2n) is 5.27. The number of benzene rings is 2. The van der Waals surface area contributed by atoms with E-state index in [1.165, 1.54) is 11.1 Å². The number of amides is 1. The van der Waals surface area contributed by atoms with Gasteiger partial charge in [0.05, 0.1) is 6.04 Å². The summed E-state index contributed by atoms with van der Waals surface area (Å²) < 4.78 is 0. The molecule has 20 heavy (non-hydrogen) atoms. The van der Waals surface area contributed by atoms with Crippen molar-refractivity contribution in [3.05, 3.63) is 65.2 Å². The average molecular weight is 266 g/mol. The maximum atomic E-state index is 12.3. The predicted molar refractivity (Wildman–Crippen MR) is 80.6 cm³/mol. The van der Waals surface area contributed by atoms with Gasteiger partial charge in [-0.3, -0.25) is 4.79 Å². The van der Waals surface area contributed by atoms with Crippen LogP contribution in [0, 0.1) is 6.92 Å². The van der Waals surface area contributed by atoms with Gasteiger partial charge in [0.2, 0.25) is 5.91 Å². The number of nitrogens with one attached hydrogen (secondary N) is 2. The maximum Gasteiger partial charge on any atom is 0.241 e. The van der Waals surface area contributed by atoms with Crippen molar-refractivity contribution < 1.29 is 4.79 Å². The van der Waals surface area contributed by atoms with Crippen molar-refractivity contribution >= 4 is 11.6 Å². The molecule has 1 atom stereocenters. The lowest BCUT2D eigenvalue weighted by atomic mass is 9.95. The standard InChI is InChI=1S/C17H18N2O/c1-12-5-4-8-15(9-12)19-17(20)16-10-13-6-2-3-7-14(13)11-18-16/h2-9,16,18H,10-11H2,1H3,(H,19,20)/t16-/m0/s1. The Balaban J connectivity index is 1.70. The van der Waals surface area contributed by atoms with Gasteiger partial charge in [0.1, 0.15) is 0 Å². The first-order chi connectivity index (χ1) is 9.72. The smallest absolute Gasteiger partial charge is 0.241 e. The van der Waals surface area contributed by atoms with Crippen molar-refractivity contribution in [3.63, 3.8) is 0 Å². The lowest BCUT2D eigenvalue weighted by Crippen LogP contribution is -2.44. The van der Waals surface area contributed by atoms with Gasteiger partial charge < -0.3 is 10.6 Å². The molecule has 3 heteroatoms. The molecule has 0 bridgehead atoms. The van der Waals surface area contributed by atoms with E-state index in [0.717, 1.165) is 24.2 Å². The van der Waals surface area contributed by atoms with Gasteiger partial charge in [0, 0.05) is 12.2 Å². The third-order valence-electron chi connectivity index (χ3n) is 3.68. The van der Waals surface area contributed by atoms with E-state index in [2.05, 4.69) is 22.8 Å². The monoisotopic (exact) mass is 266 g/mol. The summed E-state index contributed by atoms with van der Waals surface area (Å²) in [5.41, 5.74) is 4.54. The van der Waals surface area contributed by atoms with E-state index in [9.17, 15) is 4.79 Å². The minimum atomic E-state index is -0.162. The average Bonchev–Trinajstić information content (AvgIpc) is 2.47. The molecule has 2 aromatic carbocycles. The molecule has 0 saturated heterocycles. The highest BCUT2D eigenvalue weighted by molar-refractivity contribution is 5.95. The van der Waals surface area contributed by atoms with Crippen LogP contribution in [0.3, 0.4) is 0 Å². The molecule has 0 unspecified atom stereocenters. The molecule has 1 aliphatic rings. The molecule has 0 aromatic heterocycles. The summed E-state index contributed by atoms with van der Waals surface area (Å²) in [6.45, 7) is 2.77. The highest BCUT2D eigenvalue weighted by Crippen LogP contribution is 2.17. The molecule has 2 N–H and O–H groups in total. The topological polar surface area (TPSA) is 41.1 Å². The highest BCUT2D eigenvalue weighted by Gasteiger charge is 2.23. The molecule has 1 amide bonds. The molecule has 3 rings (SSSR count). The molecule has 102 valence electrons.